The second kappa shape index (κ2) is 7.00. The van der Waals surface area contributed by atoms with E-state index in [-0.39, 0.29) is 18.1 Å². The molecule has 1 atom stereocenters. The molecule has 1 aliphatic carbocycles. The van der Waals surface area contributed by atoms with Gasteiger partial charge in [0.25, 0.3) is 0 Å². The number of rotatable bonds is 6. The summed E-state index contributed by atoms with van der Waals surface area (Å²) in [6, 6.07) is 10.4. The second-order valence-electron chi connectivity index (χ2n) is 7.96. The average molecular weight is 340 g/mol. The van der Waals surface area contributed by atoms with Crippen LogP contribution in [0.4, 0.5) is 17.5 Å². The number of hydrogen-bond donors (Lipinski definition) is 3. The van der Waals surface area contributed by atoms with Gasteiger partial charge in [-0.2, -0.15) is 4.98 Å². The SMILES string of the molecule is C[C@H](CO)Nc1nc(Nc2ccc(C(C)(C)C)cc2)cc(C2CC2)n1. The molecule has 3 N–H and O–H groups in total. The minimum atomic E-state index is -0.0756. The molecule has 0 amide bonds. The minimum Gasteiger partial charge on any atom is -0.394 e. The third kappa shape index (κ3) is 4.69. The number of nitrogens with zero attached hydrogens (tertiary/aromatic N) is 2. The molecule has 5 heteroatoms. The Morgan fingerprint density at radius 1 is 1.16 bits per heavy atom. The molecule has 5 nitrogen and oxygen atoms in total. The lowest BCUT2D eigenvalue weighted by Crippen LogP contribution is -2.21. The summed E-state index contributed by atoms with van der Waals surface area (Å²) in [7, 11) is 0. The number of nitrogens with one attached hydrogen (secondary N) is 2. The van der Waals surface area contributed by atoms with E-state index in [1.54, 1.807) is 0 Å². The Kier molecular flexibility index (Phi) is 4.95. The zero-order valence-electron chi connectivity index (χ0n) is 15.5. The van der Waals surface area contributed by atoms with E-state index in [2.05, 4.69) is 65.6 Å². The minimum absolute atomic E-state index is 0.0496. The molecule has 0 bridgehead atoms. The van der Waals surface area contributed by atoms with Crippen LogP contribution in [0, 0.1) is 0 Å². The molecular formula is C20H28N4O. The van der Waals surface area contributed by atoms with Crippen LogP contribution in [-0.2, 0) is 5.41 Å². The molecule has 134 valence electrons. The molecule has 1 saturated carbocycles. The highest BCUT2D eigenvalue weighted by atomic mass is 16.3. The van der Waals surface area contributed by atoms with Crippen molar-refractivity contribution < 1.29 is 5.11 Å². The lowest BCUT2D eigenvalue weighted by Gasteiger charge is -2.19. The molecule has 1 aromatic carbocycles. The molecule has 1 heterocycles. The number of aliphatic hydroxyl groups excluding tert-OH is 1. The number of benzene rings is 1. The second-order valence-corrected chi connectivity index (χ2v) is 7.96. The molecule has 1 aromatic heterocycles. The summed E-state index contributed by atoms with van der Waals surface area (Å²) < 4.78 is 0. The van der Waals surface area contributed by atoms with E-state index in [9.17, 15) is 5.11 Å². The number of hydrogen-bond acceptors (Lipinski definition) is 5. The summed E-state index contributed by atoms with van der Waals surface area (Å²) in [6.07, 6.45) is 2.37. The topological polar surface area (TPSA) is 70.1 Å². The molecule has 0 spiro atoms. The number of aliphatic hydroxyl groups is 1. The molecule has 3 rings (SSSR count). The highest BCUT2D eigenvalue weighted by molar-refractivity contribution is 5.58. The van der Waals surface area contributed by atoms with Crippen molar-refractivity contribution in [3.05, 3.63) is 41.6 Å². The zero-order chi connectivity index (χ0) is 18.0. The van der Waals surface area contributed by atoms with Crippen molar-refractivity contribution in [1.29, 1.82) is 0 Å². The molecular weight excluding hydrogens is 312 g/mol. The van der Waals surface area contributed by atoms with E-state index in [0.29, 0.717) is 11.9 Å². The van der Waals surface area contributed by atoms with Crippen molar-refractivity contribution in [1.82, 2.24) is 9.97 Å². The summed E-state index contributed by atoms with van der Waals surface area (Å²) in [5, 5.41) is 15.8. The van der Waals surface area contributed by atoms with Gasteiger partial charge in [-0.05, 0) is 42.9 Å². The maximum absolute atomic E-state index is 9.25. The third-order valence-electron chi connectivity index (χ3n) is 4.41. The quantitative estimate of drug-likeness (QED) is 0.735. The van der Waals surface area contributed by atoms with Gasteiger partial charge in [0.05, 0.1) is 12.3 Å². The molecule has 25 heavy (non-hydrogen) atoms. The van der Waals surface area contributed by atoms with E-state index in [1.165, 1.54) is 18.4 Å². The van der Waals surface area contributed by atoms with Gasteiger partial charge in [0, 0.05) is 23.7 Å². The zero-order valence-corrected chi connectivity index (χ0v) is 15.5. The Hall–Kier alpha value is -2.14. The fourth-order valence-electron chi connectivity index (χ4n) is 2.65. The Morgan fingerprint density at radius 2 is 1.84 bits per heavy atom. The molecule has 0 saturated heterocycles. The van der Waals surface area contributed by atoms with E-state index >= 15 is 0 Å². The van der Waals surface area contributed by atoms with Crippen LogP contribution in [0.3, 0.4) is 0 Å². The first-order valence-electron chi connectivity index (χ1n) is 8.99. The fourth-order valence-corrected chi connectivity index (χ4v) is 2.65. The maximum atomic E-state index is 9.25. The van der Waals surface area contributed by atoms with Crippen LogP contribution in [0.5, 0.6) is 0 Å². The average Bonchev–Trinajstić information content (AvgIpc) is 3.39. The monoisotopic (exact) mass is 340 g/mol. The first-order chi connectivity index (χ1) is 11.8. The van der Waals surface area contributed by atoms with Gasteiger partial charge >= 0.3 is 0 Å². The van der Waals surface area contributed by atoms with Gasteiger partial charge in [0.2, 0.25) is 5.95 Å². The van der Waals surface area contributed by atoms with Crippen LogP contribution >= 0.6 is 0 Å². The van der Waals surface area contributed by atoms with Crippen LogP contribution in [0.25, 0.3) is 0 Å². The van der Waals surface area contributed by atoms with Crippen molar-refractivity contribution in [3.63, 3.8) is 0 Å². The van der Waals surface area contributed by atoms with Crippen LogP contribution in [0.2, 0.25) is 0 Å². The Bertz CT molecular complexity index is 717. The van der Waals surface area contributed by atoms with Gasteiger partial charge in [-0.25, -0.2) is 4.98 Å². The Labute approximate surface area is 149 Å². The molecule has 2 aromatic rings. The van der Waals surface area contributed by atoms with Crippen LogP contribution in [0.15, 0.2) is 30.3 Å². The van der Waals surface area contributed by atoms with Crippen molar-refractivity contribution in [2.45, 2.75) is 57.9 Å². The first-order valence-corrected chi connectivity index (χ1v) is 8.99. The lowest BCUT2D eigenvalue weighted by molar-refractivity contribution is 0.281. The standard InChI is InChI=1S/C20H28N4O/c1-13(12-25)21-19-23-17(14-5-6-14)11-18(24-19)22-16-9-7-15(8-10-16)20(2,3)4/h7-11,13-14,25H,5-6,12H2,1-4H3,(H2,21,22,23,24)/t13-/m1/s1. The van der Waals surface area contributed by atoms with E-state index in [1.807, 2.05) is 13.0 Å². The maximum Gasteiger partial charge on any atom is 0.225 e. The van der Waals surface area contributed by atoms with Crippen molar-refractivity contribution in [2.75, 3.05) is 17.2 Å². The number of anilines is 3. The normalized spacial score (nSPS) is 15.7. The Morgan fingerprint density at radius 3 is 2.40 bits per heavy atom. The predicted octanol–water partition coefficient (Wildman–Crippen LogP) is 4.19. The lowest BCUT2D eigenvalue weighted by atomic mass is 9.87. The van der Waals surface area contributed by atoms with Crippen LogP contribution in [0.1, 0.15) is 57.7 Å². The molecule has 1 fully saturated rings. The highest BCUT2D eigenvalue weighted by Gasteiger charge is 2.26. The van der Waals surface area contributed by atoms with Crippen LogP contribution in [-0.4, -0.2) is 27.7 Å². The van der Waals surface area contributed by atoms with Gasteiger partial charge in [-0.1, -0.05) is 32.9 Å². The summed E-state index contributed by atoms with van der Waals surface area (Å²) in [5.74, 6) is 1.89. The van der Waals surface area contributed by atoms with Gasteiger partial charge in [0.15, 0.2) is 0 Å². The first kappa shape index (κ1) is 17.7. The summed E-state index contributed by atoms with van der Waals surface area (Å²) >= 11 is 0. The van der Waals surface area contributed by atoms with Crippen molar-refractivity contribution >= 4 is 17.5 Å². The molecule has 0 unspecified atom stereocenters. The van der Waals surface area contributed by atoms with Gasteiger partial charge in [0.1, 0.15) is 5.82 Å². The van der Waals surface area contributed by atoms with Crippen molar-refractivity contribution in [2.24, 2.45) is 0 Å². The number of aromatic nitrogens is 2. The Balaban J connectivity index is 1.81. The van der Waals surface area contributed by atoms with E-state index < -0.39 is 0 Å². The largest absolute Gasteiger partial charge is 0.394 e. The third-order valence-corrected chi connectivity index (χ3v) is 4.41. The summed E-state index contributed by atoms with van der Waals surface area (Å²) in [6.45, 7) is 8.59. The van der Waals surface area contributed by atoms with E-state index in [0.717, 1.165) is 17.2 Å². The fraction of sp³-hybridized carbons (Fsp3) is 0.500. The van der Waals surface area contributed by atoms with Gasteiger partial charge in [-0.3, -0.25) is 0 Å². The van der Waals surface area contributed by atoms with E-state index in [4.69, 9.17) is 0 Å². The van der Waals surface area contributed by atoms with Gasteiger partial charge < -0.3 is 15.7 Å². The smallest absolute Gasteiger partial charge is 0.225 e. The van der Waals surface area contributed by atoms with Gasteiger partial charge in [-0.15, -0.1) is 0 Å². The van der Waals surface area contributed by atoms with Crippen molar-refractivity contribution in [3.8, 4) is 0 Å². The highest BCUT2D eigenvalue weighted by Crippen LogP contribution is 2.40. The predicted molar refractivity (Wildman–Crippen MR) is 103 cm³/mol. The molecule has 0 radical (unpaired) electrons. The summed E-state index contributed by atoms with van der Waals surface area (Å²) in [4.78, 5) is 9.15. The van der Waals surface area contributed by atoms with Crippen LogP contribution < -0.4 is 10.6 Å². The molecule has 0 aliphatic heterocycles. The summed E-state index contributed by atoms with van der Waals surface area (Å²) in [5.41, 5.74) is 3.52. The molecule has 1 aliphatic rings.